The van der Waals surface area contributed by atoms with Crippen molar-refractivity contribution in [1.29, 1.82) is 0 Å². The number of fused-ring (bicyclic) bond motifs is 1. The number of nitrogens with zero attached hydrogens (tertiary/aromatic N) is 6. The third-order valence-electron chi connectivity index (χ3n) is 20.4. The molecule has 1 aromatic carbocycles. The number of nitrogens with one attached hydrogen (secondary N) is 3. The zero-order valence-electron chi connectivity index (χ0n) is 61.4. The molecule has 3 rings (SSSR count). The molecule has 1 aromatic rings. The molecule has 94 heavy (non-hydrogen) atoms. The fourth-order valence-electron chi connectivity index (χ4n) is 13.6. The zero-order valence-corrected chi connectivity index (χ0v) is 62.4. The predicted octanol–water partition coefficient (Wildman–Crippen LogP) is 7.09. The number of hydrogen-bond donors (Lipinski definition) is 3. The first kappa shape index (κ1) is 81.6. The van der Waals surface area contributed by atoms with Crippen LogP contribution in [0.25, 0.3) is 0 Å². The van der Waals surface area contributed by atoms with E-state index in [1.54, 1.807) is 79.7 Å². The van der Waals surface area contributed by atoms with E-state index in [2.05, 4.69) is 50.6 Å². The number of cyclic esters (lactones) is 1. The van der Waals surface area contributed by atoms with Gasteiger partial charge in [-0.2, -0.15) is 0 Å². The molecule has 2 saturated heterocycles. The normalized spacial score (nSPS) is 25.3. The molecule has 0 saturated carbocycles. The number of methoxy groups -OCH3 is 1. The summed E-state index contributed by atoms with van der Waals surface area (Å²) < 4.78 is 17.7. The summed E-state index contributed by atoms with van der Waals surface area (Å²) in [6.45, 7) is 33.5. The highest BCUT2D eigenvalue weighted by atomic mass is 28.3. The largest absolute Gasteiger partial charge is 0.497 e. The van der Waals surface area contributed by atoms with Crippen molar-refractivity contribution in [1.82, 2.24) is 45.3 Å². The average Bonchev–Trinajstić information content (AvgIpc) is 0.813. The van der Waals surface area contributed by atoms with E-state index < -0.39 is 176 Å². The van der Waals surface area contributed by atoms with Gasteiger partial charge in [-0.25, -0.2) is 4.79 Å². The summed E-state index contributed by atoms with van der Waals surface area (Å²) in [5.41, 5.74) is 0.588. The molecule has 2 aliphatic heterocycles. The maximum atomic E-state index is 15.7. The standard InChI is InChI=1S/C70H119N9O14Si/c1-25-45(13)59-61(82)71-39-54(80)75(20)57(43(9)10)62(83)72-50(37-48-32-34-49(91-24)35-33-48)69(90)92-47(15)64(85)79-36-30-29-31-51(79)65(86)76(21)58(44(11)12)63(84)73-56(42(7)8)67(88)74(19)52(66(87)78(23)60(46(14)26-2)68(89)77(59)22)38-55(81)93-53(41(5)6)40-94(27-3,28-4)70(16,17)18/h32-35,41-47,50-53,56-60H,25-31,36-40H2,1-24H3,(H,71,82)(H,72,83)(H,73,84)/t45-,46+,47+,50+,51+,52-,53+,56+,57+,58+,59+,60+/m1/s1. The molecular formula is C70H119N9O14Si. The number of hydrogen-bond acceptors (Lipinski definition) is 14. The number of piperidine rings is 1. The van der Waals surface area contributed by atoms with Gasteiger partial charge < -0.3 is 59.6 Å². The molecular weight excluding hydrogens is 1220 g/mol. The van der Waals surface area contributed by atoms with E-state index in [9.17, 15) is 38.4 Å². The number of ether oxygens (including phenoxy) is 3. The molecule has 0 aliphatic carbocycles. The van der Waals surface area contributed by atoms with Crippen molar-refractivity contribution < 1.29 is 67.0 Å². The highest BCUT2D eigenvalue weighted by molar-refractivity contribution is 6.82. The molecule has 532 valence electrons. The summed E-state index contributed by atoms with van der Waals surface area (Å²) in [4.78, 5) is 171. The first-order chi connectivity index (χ1) is 43.7. The number of carbonyl (C=O) groups is 11. The number of benzene rings is 1. The second kappa shape index (κ2) is 36.0. The molecule has 2 aliphatic rings. The van der Waals surface area contributed by atoms with Gasteiger partial charge in [0.25, 0.3) is 5.91 Å². The topological polar surface area (TPSA) is 271 Å². The van der Waals surface area contributed by atoms with Gasteiger partial charge >= 0.3 is 11.9 Å². The number of esters is 2. The monoisotopic (exact) mass is 1340 g/mol. The number of amides is 9. The van der Waals surface area contributed by atoms with E-state index >= 15 is 14.4 Å². The molecule has 9 amide bonds. The summed E-state index contributed by atoms with van der Waals surface area (Å²) in [6, 6.07) is -1.04. The highest BCUT2D eigenvalue weighted by Crippen LogP contribution is 2.46. The maximum Gasteiger partial charge on any atom is 0.329 e. The number of carbonyl (C=O) groups excluding carboxylic acids is 11. The van der Waals surface area contributed by atoms with Gasteiger partial charge in [-0.3, -0.25) is 47.9 Å². The highest BCUT2D eigenvalue weighted by Gasteiger charge is 2.48. The first-order valence-corrected chi connectivity index (χ1v) is 36.9. The minimum Gasteiger partial charge on any atom is -0.497 e. The Bertz CT molecular complexity index is 2770. The SMILES string of the molecule is CC[C@@H](C)[C@H]1C(=O)NCC(=O)N(C)[C@@H](C(C)C)C(=O)N[C@@H](Cc2ccc(OC)cc2)C(=O)O[C@@H](C)C(=O)N2CCCC[C@H]2C(=O)N(C)[C@@H](C(C)C)C(=O)N[C@@H](C(C)C)C(=O)N(C)[C@H](CC(=O)O[C@@H](C[Si](CC)(CC)C(C)(C)C)C(C)C)C(=O)N(C)[C@@H]([C@@H](C)CC)C(=O)N1C. The van der Waals surface area contributed by atoms with Gasteiger partial charge in [-0.1, -0.05) is 155 Å². The number of rotatable bonds is 18. The second-order valence-electron chi connectivity index (χ2n) is 29.0. The Hall–Kier alpha value is -6.59. The molecule has 0 aromatic heterocycles. The molecule has 2 heterocycles. The molecule has 0 unspecified atom stereocenters. The van der Waals surface area contributed by atoms with Crippen molar-refractivity contribution in [2.75, 3.05) is 55.4 Å². The van der Waals surface area contributed by atoms with Crippen molar-refractivity contribution in [3.05, 3.63) is 29.8 Å². The van der Waals surface area contributed by atoms with Crippen molar-refractivity contribution in [3.63, 3.8) is 0 Å². The Morgan fingerprint density at radius 1 is 0.628 bits per heavy atom. The predicted molar refractivity (Wildman–Crippen MR) is 365 cm³/mol. The molecule has 12 atom stereocenters. The van der Waals surface area contributed by atoms with Gasteiger partial charge in [0.2, 0.25) is 47.3 Å². The maximum absolute atomic E-state index is 15.7. The van der Waals surface area contributed by atoms with Gasteiger partial charge in [0, 0.05) is 48.2 Å². The summed E-state index contributed by atoms with van der Waals surface area (Å²) in [6.07, 6.45) is -0.711. The lowest BCUT2D eigenvalue weighted by atomic mass is 9.92. The van der Waals surface area contributed by atoms with Crippen LogP contribution in [0, 0.1) is 35.5 Å². The van der Waals surface area contributed by atoms with Crippen LogP contribution in [-0.4, -0.2) is 219 Å². The molecule has 3 N–H and O–H groups in total. The lowest BCUT2D eigenvalue weighted by molar-refractivity contribution is -0.165. The van der Waals surface area contributed by atoms with Crippen LogP contribution >= 0.6 is 0 Å². The van der Waals surface area contributed by atoms with Crippen molar-refractivity contribution >= 4 is 73.2 Å². The quantitative estimate of drug-likeness (QED) is 0.0978. The van der Waals surface area contributed by atoms with Crippen LogP contribution in [-0.2, 0) is 68.6 Å². The molecule has 2 fully saturated rings. The fourth-order valence-corrected chi connectivity index (χ4v) is 18.7. The third-order valence-corrected chi connectivity index (χ3v) is 27.4. The van der Waals surface area contributed by atoms with Gasteiger partial charge in [-0.05, 0) is 90.5 Å². The summed E-state index contributed by atoms with van der Waals surface area (Å²) >= 11 is 0. The summed E-state index contributed by atoms with van der Waals surface area (Å²) in [5.74, 6) is -10.4. The van der Waals surface area contributed by atoms with E-state index in [0.717, 1.165) is 17.0 Å². The Labute approximate surface area is 562 Å². The van der Waals surface area contributed by atoms with E-state index in [4.69, 9.17) is 14.2 Å². The Balaban J connectivity index is 2.37. The lowest BCUT2D eigenvalue weighted by Gasteiger charge is -2.45. The van der Waals surface area contributed by atoms with Crippen LogP contribution in [0.15, 0.2) is 24.3 Å². The molecule has 23 nitrogen and oxygen atoms in total. The van der Waals surface area contributed by atoms with Crippen LogP contribution in [0.3, 0.4) is 0 Å². The van der Waals surface area contributed by atoms with E-state index in [1.807, 2.05) is 27.7 Å². The summed E-state index contributed by atoms with van der Waals surface area (Å²) in [7, 11) is 6.49. The Morgan fingerprint density at radius 2 is 1.15 bits per heavy atom. The molecule has 24 heteroatoms. The summed E-state index contributed by atoms with van der Waals surface area (Å²) in [5, 5.41) is 8.38. The van der Waals surface area contributed by atoms with E-state index in [0.29, 0.717) is 43.0 Å². The van der Waals surface area contributed by atoms with Crippen LogP contribution < -0.4 is 20.7 Å². The minimum absolute atomic E-state index is 0.0389. The Kier molecular flexibility index (Phi) is 31.2. The molecule has 0 spiro atoms. The zero-order chi connectivity index (χ0) is 71.8. The van der Waals surface area contributed by atoms with Gasteiger partial charge in [-0.15, -0.1) is 0 Å². The van der Waals surface area contributed by atoms with Crippen molar-refractivity contribution in [3.8, 4) is 5.75 Å². The van der Waals surface area contributed by atoms with Crippen LogP contribution in [0.1, 0.15) is 169 Å². The van der Waals surface area contributed by atoms with Crippen molar-refractivity contribution in [2.45, 2.75) is 253 Å². The van der Waals surface area contributed by atoms with Gasteiger partial charge in [0.05, 0.1) is 28.1 Å². The smallest absolute Gasteiger partial charge is 0.329 e. The van der Waals surface area contributed by atoms with Crippen molar-refractivity contribution in [2.24, 2.45) is 35.5 Å². The second-order valence-corrected chi connectivity index (χ2v) is 34.8. The fraction of sp³-hybridized carbons (Fsp3) is 0.757. The first-order valence-electron chi connectivity index (χ1n) is 34.3. The molecule has 0 bridgehead atoms. The van der Waals surface area contributed by atoms with E-state index in [1.165, 1.54) is 73.8 Å². The average molecular weight is 1340 g/mol. The Morgan fingerprint density at radius 3 is 1.65 bits per heavy atom. The molecule has 0 radical (unpaired) electrons. The third kappa shape index (κ3) is 20.2. The van der Waals surface area contributed by atoms with Gasteiger partial charge in [0.15, 0.2) is 6.10 Å². The van der Waals surface area contributed by atoms with Crippen LogP contribution in [0.2, 0.25) is 23.2 Å². The lowest BCUT2D eigenvalue weighted by Crippen LogP contribution is -2.63. The van der Waals surface area contributed by atoms with Crippen LogP contribution in [0.4, 0.5) is 0 Å². The van der Waals surface area contributed by atoms with Gasteiger partial charge in [0.1, 0.15) is 60.2 Å². The van der Waals surface area contributed by atoms with E-state index in [-0.39, 0.29) is 30.3 Å². The minimum atomic E-state index is -2.11. The number of likely N-dealkylation sites (N-methyl/N-ethyl adjacent to an activating group) is 5. The van der Waals surface area contributed by atoms with Crippen LogP contribution in [0.5, 0.6) is 5.75 Å².